The van der Waals surface area contributed by atoms with Crippen molar-refractivity contribution in [1.82, 2.24) is 0 Å². The third kappa shape index (κ3) is 5.20. The predicted molar refractivity (Wildman–Crippen MR) is 121 cm³/mol. The summed E-state index contributed by atoms with van der Waals surface area (Å²) in [6, 6.07) is 12.9. The summed E-state index contributed by atoms with van der Waals surface area (Å²) < 4.78 is 67.8. The van der Waals surface area contributed by atoms with Crippen molar-refractivity contribution in [3.63, 3.8) is 0 Å². The smallest absolute Gasteiger partial charge is 0.350 e. The van der Waals surface area contributed by atoms with Gasteiger partial charge in [-0.3, -0.25) is 0 Å². The molecule has 1 heterocycles. The molecule has 1 unspecified atom stereocenters. The van der Waals surface area contributed by atoms with Crippen molar-refractivity contribution in [2.45, 2.75) is 24.3 Å². The molecule has 0 aromatic heterocycles. The maximum Gasteiger partial charge on any atom is 0.350 e. The Balaban J connectivity index is 1.78. The topological polar surface area (TPSA) is 78.9 Å². The van der Waals surface area contributed by atoms with E-state index in [2.05, 4.69) is 0 Å². The zero-order valence-corrected chi connectivity index (χ0v) is 19.3. The zero-order valence-electron chi connectivity index (χ0n) is 18.5. The fourth-order valence-electron chi connectivity index (χ4n) is 3.74. The minimum absolute atomic E-state index is 0.0394. The third-order valence-electron chi connectivity index (χ3n) is 5.29. The van der Waals surface area contributed by atoms with Crippen molar-refractivity contribution in [1.29, 1.82) is 0 Å². The quantitative estimate of drug-likeness (QED) is 0.481. The van der Waals surface area contributed by atoms with E-state index in [1.807, 2.05) is 0 Å². The highest BCUT2D eigenvalue weighted by Crippen LogP contribution is 2.40. The highest BCUT2D eigenvalue weighted by atomic mass is 32.2. The Bertz CT molecular complexity index is 1320. The van der Waals surface area contributed by atoms with E-state index in [-0.39, 0.29) is 24.5 Å². The molecule has 0 N–H and O–H groups in total. The van der Waals surface area contributed by atoms with Crippen LogP contribution in [0.25, 0.3) is 11.1 Å². The number of rotatable bonds is 6. The van der Waals surface area contributed by atoms with Crippen molar-refractivity contribution in [3.05, 3.63) is 77.4 Å². The van der Waals surface area contributed by atoms with E-state index in [0.29, 0.717) is 33.8 Å². The summed E-state index contributed by atoms with van der Waals surface area (Å²) in [6.45, 7) is 1.85. The van der Waals surface area contributed by atoms with Crippen LogP contribution in [-0.2, 0) is 25.8 Å². The number of esters is 1. The second kappa shape index (κ2) is 9.42. The van der Waals surface area contributed by atoms with Gasteiger partial charge in [-0.2, -0.15) is 0 Å². The Morgan fingerprint density at radius 1 is 1.03 bits per heavy atom. The van der Waals surface area contributed by atoms with Crippen molar-refractivity contribution < 1.29 is 36.2 Å². The predicted octanol–water partition coefficient (Wildman–Crippen LogP) is 4.33. The number of ether oxygens (including phenoxy) is 3. The molecule has 0 saturated carbocycles. The average Bonchev–Trinajstić information content (AvgIpc) is 2.77. The molecule has 0 fully saturated rings. The summed E-state index contributed by atoms with van der Waals surface area (Å²) in [6.07, 6.45) is 0.359. The van der Waals surface area contributed by atoms with Crippen LogP contribution in [0.3, 0.4) is 0 Å². The minimum atomic E-state index is -3.39. The SMILES string of the molecule is CCOC(=O)C1COc2cc(Cc3cc(F)cc(F)c3)c(-c3ccc(S(C)(=O)=O)cc3)cc2O1. The van der Waals surface area contributed by atoms with Gasteiger partial charge in [-0.15, -0.1) is 0 Å². The fourth-order valence-corrected chi connectivity index (χ4v) is 4.37. The van der Waals surface area contributed by atoms with E-state index in [4.69, 9.17) is 14.2 Å². The van der Waals surface area contributed by atoms with Crippen LogP contribution in [0.1, 0.15) is 18.1 Å². The van der Waals surface area contributed by atoms with Gasteiger partial charge in [-0.1, -0.05) is 12.1 Å². The molecule has 1 atom stereocenters. The van der Waals surface area contributed by atoms with Crippen LogP contribution in [0.5, 0.6) is 11.5 Å². The van der Waals surface area contributed by atoms with Crippen LogP contribution in [0, 0.1) is 11.6 Å². The number of hydrogen-bond acceptors (Lipinski definition) is 6. The number of carbonyl (C=O) groups is 1. The Kier molecular flexibility index (Phi) is 6.56. The molecule has 34 heavy (non-hydrogen) atoms. The van der Waals surface area contributed by atoms with Crippen molar-refractivity contribution in [3.8, 4) is 22.6 Å². The van der Waals surface area contributed by atoms with Crippen LogP contribution in [0.15, 0.2) is 59.5 Å². The number of benzene rings is 3. The van der Waals surface area contributed by atoms with Crippen LogP contribution >= 0.6 is 0 Å². The number of sulfone groups is 1. The minimum Gasteiger partial charge on any atom is -0.485 e. The largest absolute Gasteiger partial charge is 0.485 e. The first kappa shape index (κ1) is 23.7. The van der Waals surface area contributed by atoms with Crippen LogP contribution < -0.4 is 9.47 Å². The zero-order chi connectivity index (χ0) is 24.5. The summed E-state index contributed by atoms with van der Waals surface area (Å²) in [5, 5.41) is 0. The summed E-state index contributed by atoms with van der Waals surface area (Å²) in [7, 11) is -3.39. The maximum absolute atomic E-state index is 13.8. The first-order valence-electron chi connectivity index (χ1n) is 10.5. The van der Waals surface area contributed by atoms with E-state index >= 15 is 0 Å². The molecule has 3 aromatic carbocycles. The monoisotopic (exact) mass is 488 g/mol. The number of hydrogen-bond donors (Lipinski definition) is 0. The van der Waals surface area contributed by atoms with Gasteiger partial charge in [0.05, 0.1) is 11.5 Å². The molecule has 178 valence electrons. The molecule has 1 aliphatic rings. The molecule has 0 bridgehead atoms. The summed E-state index contributed by atoms with van der Waals surface area (Å²) in [5.74, 6) is -1.25. The molecule has 0 saturated heterocycles. The van der Waals surface area contributed by atoms with Gasteiger partial charge in [0.15, 0.2) is 21.3 Å². The lowest BCUT2D eigenvalue weighted by atomic mass is 9.94. The Labute approximate surface area is 196 Å². The van der Waals surface area contributed by atoms with Crippen LogP contribution in [-0.4, -0.2) is 40.0 Å². The standard InChI is InChI=1S/C25H22F2O6S/c1-3-31-25(28)24-14-32-22-11-17(8-15-9-18(26)12-19(27)10-15)21(13-23(22)33-24)16-4-6-20(7-5-16)34(2,29)30/h4-7,9-13,24H,3,8,14H2,1-2H3. The number of fused-ring (bicyclic) bond motifs is 1. The van der Waals surface area contributed by atoms with Crippen molar-refractivity contribution in [2.75, 3.05) is 19.5 Å². The van der Waals surface area contributed by atoms with Gasteiger partial charge in [0.1, 0.15) is 18.2 Å². The number of carbonyl (C=O) groups excluding carboxylic acids is 1. The number of halogens is 2. The Morgan fingerprint density at radius 2 is 1.71 bits per heavy atom. The lowest BCUT2D eigenvalue weighted by Gasteiger charge is -2.26. The van der Waals surface area contributed by atoms with Crippen LogP contribution in [0.4, 0.5) is 8.78 Å². The van der Waals surface area contributed by atoms with Crippen molar-refractivity contribution >= 4 is 15.8 Å². The second-order valence-electron chi connectivity index (χ2n) is 7.88. The van der Waals surface area contributed by atoms with Gasteiger partial charge in [-0.25, -0.2) is 22.0 Å². The Morgan fingerprint density at radius 3 is 2.32 bits per heavy atom. The van der Waals surface area contributed by atoms with Gasteiger partial charge in [0.25, 0.3) is 0 Å². The third-order valence-corrected chi connectivity index (χ3v) is 6.42. The molecule has 1 aliphatic heterocycles. The molecule has 0 amide bonds. The summed E-state index contributed by atoms with van der Waals surface area (Å²) in [4.78, 5) is 12.3. The van der Waals surface area contributed by atoms with Gasteiger partial charge >= 0.3 is 5.97 Å². The highest BCUT2D eigenvalue weighted by Gasteiger charge is 2.30. The lowest BCUT2D eigenvalue weighted by molar-refractivity contribution is -0.153. The van der Waals surface area contributed by atoms with E-state index in [0.717, 1.165) is 12.3 Å². The molecule has 9 heteroatoms. The molecule has 0 aliphatic carbocycles. The van der Waals surface area contributed by atoms with Crippen LogP contribution in [0.2, 0.25) is 0 Å². The first-order valence-corrected chi connectivity index (χ1v) is 12.4. The highest BCUT2D eigenvalue weighted by molar-refractivity contribution is 7.90. The van der Waals surface area contributed by atoms with Gasteiger partial charge in [-0.05, 0) is 72.0 Å². The van der Waals surface area contributed by atoms with E-state index in [1.165, 1.54) is 24.3 Å². The lowest BCUT2D eigenvalue weighted by Crippen LogP contribution is -2.37. The van der Waals surface area contributed by atoms with Gasteiger partial charge < -0.3 is 14.2 Å². The molecule has 4 rings (SSSR count). The van der Waals surface area contributed by atoms with Gasteiger partial charge in [0.2, 0.25) is 6.10 Å². The molecule has 3 aromatic rings. The second-order valence-corrected chi connectivity index (χ2v) is 9.89. The van der Waals surface area contributed by atoms with E-state index in [1.54, 1.807) is 31.2 Å². The molecule has 0 spiro atoms. The summed E-state index contributed by atoms with van der Waals surface area (Å²) >= 11 is 0. The molecular formula is C25H22F2O6S. The molecular weight excluding hydrogens is 466 g/mol. The molecule has 6 nitrogen and oxygen atoms in total. The van der Waals surface area contributed by atoms with Crippen molar-refractivity contribution in [2.24, 2.45) is 0 Å². The normalized spacial score (nSPS) is 15.1. The first-order chi connectivity index (χ1) is 16.1. The van der Waals surface area contributed by atoms with Gasteiger partial charge in [0, 0.05) is 12.3 Å². The summed E-state index contributed by atoms with van der Waals surface area (Å²) in [5.41, 5.74) is 2.38. The molecule has 0 radical (unpaired) electrons. The fraction of sp³-hybridized carbons (Fsp3) is 0.240. The maximum atomic E-state index is 13.8. The van der Waals surface area contributed by atoms with E-state index in [9.17, 15) is 22.0 Å². The Hall–Kier alpha value is -3.46. The average molecular weight is 489 g/mol. The van der Waals surface area contributed by atoms with E-state index < -0.39 is 33.5 Å².